The summed E-state index contributed by atoms with van der Waals surface area (Å²) in [5.41, 5.74) is -0.389. The maximum atomic E-state index is 12.4. The van der Waals surface area contributed by atoms with Gasteiger partial charge in [-0.05, 0) is 0 Å². The number of carboxylic acid groups (broad SMARTS) is 1. The van der Waals surface area contributed by atoms with E-state index in [0.29, 0.717) is 0 Å². The summed E-state index contributed by atoms with van der Waals surface area (Å²) in [5.74, 6) is -1.36. The molecule has 2 atom stereocenters. The van der Waals surface area contributed by atoms with Gasteiger partial charge >= 0.3 is 5.97 Å². The fourth-order valence-corrected chi connectivity index (χ4v) is 3.64. The number of nitrogens with zero attached hydrogens (tertiary/aromatic N) is 2. The van der Waals surface area contributed by atoms with Crippen molar-refractivity contribution < 1.29 is 27.8 Å². The zero-order valence-corrected chi connectivity index (χ0v) is 11.8. The highest BCUT2D eigenvalue weighted by molar-refractivity contribution is 7.89. The van der Waals surface area contributed by atoms with Crippen LogP contribution in [0.3, 0.4) is 0 Å². The molecule has 2 unspecified atom stereocenters. The van der Waals surface area contributed by atoms with Crippen LogP contribution in [-0.2, 0) is 19.5 Å². The summed E-state index contributed by atoms with van der Waals surface area (Å²) in [6.45, 7) is 0.185. The summed E-state index contributed by atoms with van der Waals surface area (Å²) in [4.78, 5) is 11.0. The highest BCUT2D eigenvalue weighted by atomic mass is 32.2. The summed E-state index contributed by atoms with van der Waals surface area (Å²) in [6.07, 6.45) is 0.171. The number of carboxylic acids is 1. The largest absolute Gasteiger partial charge is 0.478 e. The molecule has 1 fully saturated rings. The van der Waals surface area contributed by atoms with E-state index in [2.05, 4.69) is 10.2 Å². The zero-order valence-electron chi connectivity index (χ0n) is 10.9. The molecule has 1 saturated heterocycles. The third-order valence-corrected chi connectivity index (χ3v) is 5.03. The predicted octanol–water partition coefficient (Wildman–Crippen LogP) is -0.858. The number of H-pyrrole nitrogens is 1. The van der Waals surface area contributed by atoms with Crippen molar-refractivity contribution in [3.8, 4) is 0 Å². The SMILES string of the molecule is COC1CN(S(=O)(=O)c2[nH]ncc2C(=O)O)CC1OC. The van der Waals surface area contributed by atoms with Gasteiger partial charge in [0.05, 0.1) is 18.4 Å². The molecule has 0 saturated carbocycles. The van der Waals surface area contributed by atoms with Gasteiger partial charge in [-0.1, -0.05) is 0 Å². The van der Waals surface area contributed by atoms with Gasteiger partial charge < -0.3 is 14.6 Å². The predicted molar refractivity (Wildman–Crippen MR) is 65.9 cm³/mol. The van der Waals surface area contributed by atoms with E-state index in [1.165, 1.54) is 14.2 Å². The minimum Gasteiger partial charge on any atom is -0.478 e. The van der Waals surface area contributed by atoms with Gasteiger partial charge in [0.25, 0.3) is 10.0 Å². The number of ether oxygens (including phenoxy) is 2. The Morgan fingerprint density at radius 1 is 1.40 bits per heavy atom. The molecule has 2 rings (SSSR count). The van der Waals surface area contributed by atoms with Crippen LogP contribution in [0, 0.1) is 0 Å². The summed E-state index contributed by atoms with van der Waals surface area (Å²) >= 11 is 0. The Kier molecular flexibility index (Phi) is 4.09. The number of carbonyl (C=O) groups is 1. The first-order valence-electron chi connectivity index (χ1n) is 5.74. The Morgan fingerprint density at radius 2 is 1.95 bits per heavy atom. The van der Waals surface area contributed by atoms with Crippen molar-refractivity contribution in [3.63, 3.8) is 0 Å². The molecule has 2 heterocycles. The van der Waals surface area contributed by atoms with Crippen LogP contribution in [0.25, 0.3) is 0 Å². The van der Waals surface area contributed by atoms with E-state index >= 15 is 0 Å². The van der Waals surface area contributed by atoms with Crippen molar-refractivity contribution in [1.29, 1.82) is 0 Å². The quantitative estimate of drug-likeness (QED) is 0.726. The Bertz CT molecular complexity index is 586. The number of aromatic amines is 1. The van der Waals surface area contributed by atoms with Gasteiger partial charge in [0.2, 0.25) is 0 Å². The Morgan fingerprint density at radius 3 is 2.40 bits per heavy atom. The number of sulfonamides is 1. The Labute approximate surface area is 115 Å². The lowest BCUT2D eigenvalue weighted by Gasteiger charge is -2.14. The molecule has 1 aliphatic rings. The van der Waals surface area contributed by atoms with Crippen LogP contribution < -0.4 is 0 Å². The van der Waals surface area contributed by atoms with E-state index in [1.807, 2.05) is 0 Å². The first-order valence-corrected chi connectivity index (χ1v) is 7.18. The minimum atomic E-state index is -3.98. The fraction of sp³-hybridized carbons (Fsp3) is 0.600. The van der Waals surface area contributed by atoms with Crippen molar-refractivity contribution in [2.75, 3.05) is 27.3 Å². The van der Waals surface area contributed by atoms with E-state index in [1.54, 1.807) is 0 Å². The van der Waals surface area contributed by atoms with Crippen LogP contribution in [0.5, 0.6) is 0 Å². The summed E-state index contributed by atoms with van der Waals surface area (Å²) in [7, 11) is -1.05. The monoisotopic (exact) mass is 305 g/mol. The topological polar surface area (TPSA) is 122 Å². The van der Waals surface area contributed by atoms with Gasteiger partial charge in [0, 0.05) is 27.3 Å². The van der Waals surface area contributed by atoms with Crippen molar-refractivity contribution >= 4 is 16.0 Å². The fourth-order valence-electron chi connectivity index (χ4n) is 2.11. The first kappa shape index (κ1) is 14.9. The van der Waals surface area contributed by atoms with Crippen molar-refractivity contribution in [1.82, 2.24) is 14.5 Å². The van der Waals surface area contributed by atoms with E-state index in [-0.39, 0.29) is 18.7 Å². The summed E-state index contributed by atoms with van der Waals surface area (Å²) < 4.78 is 36.3. The van der Waals surface area contributed by atoms with Crippen LogP contribution in [-0.4, -0.2) is 73.5 Å². The van der Waals surface area contributed by atoms with Crippen LogP contribution in [0.4, 0.5) is 0 Å². The molecule has 0 aliphatic carbocycles. The maximum absolute atomic E-state index is 12.4. The van der Waals surface area contributed by atoms with E-state index in [4.69, 9.17) is 14.6 Å². The molecule has 0 amide bonds. The molecule has 0 aromatic carbocycles. The van der Waals surface area contributed by atoms with E-state index in [9.17, 15) is 13.2 Å². The molecule has 9 nitrogen and oxygen atoms in total. The van der Waals surface area contributed by atoms with Gasteiger partial charge in [0.1, 0.15) is 5.56 Å². The Balaban J connectivity index is 2.32. The van der Waals surface area contributed by atoms with Gasteiger partial charge in [-0.2, -0.15) is 9.40 Å². The number of nitrogens with one attached hydrogen (secondary N) is 1. The molecule has 1 aromatic heterocycles. The zero-order chi connectivity index (χ0) is 14.9. The van der Waals surface area contributed by atoms with Crippen molar-refractivity contribution in [2.24, 2.45) is 0 Å². The minimum absolute atomic E-state index is 0.0927. The number of rotatable bonds is 5. The third-order valence-electron chi connectivity index (χ3n) is 3.22. The number of hydrogen-bond donors (Lipinski definition) is 2. The average molecular weight is 305 g/mol. The average Bonchev–Trinajstić information content (AvgIpc) is 3.05. The maximum Gasteiger partial charge on any atom is 0.340 e. The molecule has 1 aliphatic heterocycles. The highest BCUT2D eigenvalue weighted by Gasteiger charge is 2.41. The van der Waals surface area contributed by atoms with Gasteiger partial charge in [-0.3, -0.25) is 5.10 Å². The number of aromatic carboxylic acids is 1. The van der Waals surface area contributed by atoms with E-state index < -0.39 is 33.2 Å². The molecule has 2 N–H and O–H groups in total. The standard InChI is InChI=1S/C10H15N3O6S/c1-18-7-4-13(5-8(7)19-2)20(16,17)9-6(10(14)15)3-11-12-9/h3,7-8H,4-5H2,1-2H3,(H,11,12)(H,14,15). The summed E-state index contributed by atoms with van der Waals surface area (Å²) in [5, 5.41) is 14.2. The van der Waals surface area contributed by atoms with Crippen LogP contribution in [0.1, 0.15) is 10.4 Å². The lowest BCUT2D eigenvalue weighted by atomic mass is 10.3. The van der Waals surface area contributed by atoms with Crippen LogP contribution >= 0.6 is 0 Å². The van der Waals surface area contributed by atoms with Gasteiger partial charge in [-0.15, -0.1) is 0 Å². The number of hydrogen-bond acceptors (Lipinski definition) is 6. The molecule has 10 heteroatoms. The lowest BCUT2D eigenvalue weighted by Crippen LogP contribution is -2.31. The van der Waals surface area contributed by atoms with Gasteiger partial charge in [-0.25, -0.2) is 13.2 Å². The van der Waals surface area contributed by atoms with Crippen molar-refractivity contribution in [3.05, 3.63) is 11.8 Å². The lowest BCUT2D eigenvalue weighted by molar-refractivity contribution is -0.00461. The molecule has 20 heavy (non-hydrogen) atoms. The highest BCUT2D eigenvalue weighted by Crippen LogP contribution is 2.24. The smallest absolute Gasteiger partial charge is 0.340 e. The Hall–Kier alpha value is -1.49. The van der Waals surface area contributed by atoms with Crippen LogP contribution in [0.15, 0.2) is 11.2 Å². The number of methoxy groups -OCH3 is 2. The molecular weight excluding hydrogens is 290 g/mol. The normalized spacial score (nSPS) is 24.1. The number of aromatic nitrogens is 2. The van der Waals surface area contributed by atoms with Crippen molar-refractivity contribution in [2.45, 2.75) is 17.2 Å². The molecule has 1 aromatic rings. The van der Waals surface area contributed by atoms with Gasteiger partial charge in [0.15, 0.2) is 5.03 Å². The van der Waals surface area contributed by atoms with E-state index in [0.717, 1.165) is 10.5 Å². The molecule has 0 spiro atoms. The first-order chi connectivity index (χ1) is 9.41. The molecule has 112 valence electrons. The third kappa shape index (κ3) is 2.42. The molecular formula is C10H15N3O6S. The summed E-state index contributed by atoms with van der Waals surface area (Å²) in [6, 6.07) is 0. The second-order valence-electron chi connectivity index (χ2n) is 4.29. The molecule has 0 bridgehead atoms. The molecule has 0 radical (unpaired) electrons. The second-order valence-corrected chi connectivity index (χ2v) is 6.16. The van der Waals surface area contributed by atoms with Crippen LogP contribution in [0.2, 0.25) is 0 Å². The second kappa shape index (κ2) is 5.48.